The number of nitrogens with zero attached hydrogens (tertiary/aromatic N) is 4. The first kappa shape index (κ1) is 14.5. The van der Waals surface area contributed by atoms with Gasteiger partial charge in [-0.25, -0.2) is 4.52 Å². The third-order valence-electron chi connectivity index (χ3n) is 3.11. The Kier molecular flexibility index (Phi) is 3.81. The highest BCUT2D eigenvalue weighted by Gasteiger charge is 2.09. The van der Waals surface area contributed by atoms with E-state index in [4.69, 9.17) is 0 Å². The lowest BCUT2D eigenvalue weighted by Crippen LogP contribution is -2.21. The summed E-state index contributed by atoms with van der Waals surface area (Å²) in [6.45, 7) is 0. The normalized spacial score (nSPS) is 10.7. The molecule has 1 aromatic carbocycles. The molecule has 1 amide bonds. The van der Waals surface area contributed by atoms with Crippen molar-refractivity contribution < 1.29 is 4.79 Å². The summed E-state index contributed by atoms with van der Waals surface area (Å²) < 4.78 is 2.53. The summed E-state index contributed by atoms with van der Waals surface area (Å²) in [7, 11) is 3.46. The summed E-state index contributed by atoms with van der Waals surface area (Å²) in [6, 6.07) is 12.9. The highest BCUT2D eigenvalue weighted by Crippen LogP contribution is 2.18. The van der Waals surface area contributed by atoms with Crippen molar-refractivity contribution in [1.29, 1.82) is 0 Å². The lowest BCUT2D eigenvalue weighted by Gasteiger charge is -2.10. The first-order valence-electron chi connectivity index (χ1n) is 6.64. The molecule has 0 fully saturated rings. The molecule has 0 aliphatic heterocycles. The lowest BCUT2D eigenvalue weighted by atomic mass is 10.2. The highest BCUT2D eigenvalue weighted by atomic mass is 79.9. The van der Waals surface area contributed by atoms with Gasteiger partial charge in [-0.2, -0.15) is 4.98 Å². The van der Waals surface area contributed by atoms with Gasteiger partial charge in [-0.05, 0) is 52.3 Å². The van der Waals surface area contributed by atoms with Crippen molar-refractivity contribution in [1.82, 2.24) is 19.5 Å². The molecule has 0 saturated carbocycles. The molecule has 3 rings (SSSR count). The molecule has 1 N–H and O–H groups in total. The average molecular weight is 360 g/mol. The van der Waals surface area contributed by atoms with Gasteiger partial charge in [0.1, 0.15) is 4.60 Å². The number of hydrogen-bond acceptors (Lipinski definition) is 4. The zero-order valence-electron chi connectivity index (χ0n) is 12.1. The smallest absolute Gasteiger partial charge is 0.253 e. The van der Waals surface area contributed by atoms with Crippen LogP contribution in [0.15, 0.2) is 47.1 Å². The van der Waals surface area contributed by atoms with Gasteiger partial charge in [-0.1, -0.05) is 6.07 Å². The van der Waals surface area contributed by atoms with Crippen molar-refractivity contribution in [2.24, 2.45) is 0 Å². The summed E-state index contributed by atoms with van der Waals surface area (Å²) in [6.07, 6.45) is 0. The molecule has 112 valence electrons. The predicted molar refractivity (Wildman–Crippen MR) is 88.4 cm³/mol. The van der Waals surface area contributed by atoms with E-state index in [1.54, 1.807) is 35.6 Å². The quantitative estimate of drug-likeness (QED) is 0.730. The van der Waals surface area contributed by atoms with E-state index >= 15 is 0 Å². The minimum Gasteiger partial charge on any atom is -0.345 e. The Morgan fingerprint density at radius 2 is 1.91 bits per heavy atom. The van der Waals surface area contributed by atoms with Crippen LogP contribution in [0.3, 0.4) is 0 Å². The van der Waals surface area contributed by atoms with E-state index in [9.17, 15) is 4.79 Å². The first-order valence-corrected chi connectivity index (χ1v) is 7.44. The molecule has 22 heavy (non-hydrogen) atoms. The van der Waals surface area contributed by atoms with Gasteiger partial charge in [0.15, 0.2) is 5.65 Å². The van der Waals surface area contributed by atoms with E-state index in [0.29, 0.717) is 11.5 Å². The Labute approximate surface area is 135 Å². The van der Waals surface area contributed by atoms with E-state index in [-0.39, 0.29) is 5.91 Å². The fourth-order valence-corrected chi connectivity index (χ4v) is 2.42. The van der Waals surface area contributed by atoms with Crippen molar-refractivity contribution in [2.45, 2.75) is 0 Å². The zero-order chi connectivity index (χ0) is 15.7. The molecule has 0 saturated heterocycles. The number of amides is 1. The number of fused-ring (bicyclic) bond motifs is 1. The van der Waals surface area contributed by atoms with Gasteiger partial charge in [0.05, 0.1) is 0 Å². The monoisotopic (exact) mass is 359 g/mol. The van der Waals surface area contributed by atoms with Gasteiger partial charge >= 0.3 is 0 Å². The van der Waals surface area contributed by atoms with Gasteiger partial charge in [0, 0.05) is 25.3 Å². The molecule has 2 aromatic heterocycles. The Hall–Kier alpha value is -2.41. The van der Waals surface area contributed by atoms with Crippen LogP contribution in [0, 0.1) is 0 Å². The molecular weight excluding hydrogens is 346 g/mol. The molecule has 0 spiro atoms. The van der Waals surface area contributed by atoms with Crippen molar-refractivity contribution in [2.75, 3.05) is 19.4 Å². The van der Waals surface area contributed by atoms with Crippen molar-refractivity contribution >= 4 is 39.1 Å². The predicted octanol–water partition coefficient (Wildman–Crippen LogP) is 2.94. The summed E-state index contributed by atoms with van der Waals surface area (Å²) in [4.78, 5) is 17.8. The number of benzene rings is 1. The minimum atomic E-state index is -0.0265. The summed E-state index contributed by atoms with van der Waals surface area (Å²) >= 11 is 3.43. The summed E-state index contributed by atoms with van der Waals surface area (Å²) in [5.74, 6) is 0.472. The minimum absolute atomic E-state index is 0.0265. The van der Waals surface area contributed by atoms with Crippen LogP contribution in [0.2, 0.25) is 0 Å². The maximum atomic E-state index is 11.8. The molecule has 6 nitrogen and oxygen atoms in total. The number of halogens is 1. The molecule has 0 bridgehead atoms. The standard InChI is InChI=1S/C15H14BrN5O/c1-20(2)14(22)10-6-8-11(9-7-10)17-15-18-13-5-3-4-12(16)21(13)19-15/h3-9H,1-2H3,(H,17,19). The van der Waals surface area contributed by atoms with Crippen molar-refractivity contribution in [3.63, 3.8) is 0 Å². The number of anilines is 2. The van der Waals surface area contributed by atoms with Crippen LogP contribution in [0.25, 0.3) is 5.65 Å². The first-order chi connectivity index (χ1) is 10.5. The maximum absolute atomic E-state index is 11.8. The van der Waals surface area contributed by atoms with E-state index in [1.807, 2.05) is 30.3 Å². The number of carbonyl (C=O) groups excluding carboxylic acids is 1. The van der Waals surface area contributed by atoms with E-state index in [0.717, 1.165) is 15.9 Å². The second kappa shape index (κ2) is 5.76. The highest BCUT2D eigenvalue weighted by molar-refractivity contribution is 9.10. The van der Waals surface area contributed by atoms with Crippen LogP contribution in [0.5, 0.6) is 0 Å². The van der Waals surface area contributed by atoms with E-state index in [1.165, 1.54) is 0 Å². The number of carbonyl (C=O) groups is 1. The van der Waals surface area contributed by atoms with Crippen molar-refractivity contribution in [3.8, 4) is 0 Å². The topological polar surface area (TPSA) is 62.5 Å². The van der Waals surface area contributed by atoms with Crippen LogP contribution in [-0.4, -0.2) is 39.5 Å². The molecule has 0 atom stereocenters. The molecule has 0 aliphatic carbocycles. The van der Waals surface area contributed by atoms with Gasteiger partial charge in [-0.15, -0.1) is 5.10 Å². The fraction of sp³-hybridized carbons (Fsp3) is 0.133. The summed E-state index contributed by atoms with van der Waals surface area (Å²) in [5.41, 5.74) is 2.21. The molecule has 0 unspecified atom stereocenters. The van der Waals surface area contributed by atoms with E-state index < -0.39 is 0 Å². The van der Waals surface area contributed by atoms with Crippen LogP contribution < -0.4 is 5.32 Å². The number of nitrogens with one attached hydrogen (secondary N) is 1. The molecule has 0 radical (unpaired) electrons. The second-order valence-electron chi connectivity index (χ2n) is 4.96. The SMILES string of the molecule is CN(C)C(=O)c1ccc(Nc2nc3cccc(Br)n3n2)cc1. The number of hydrogen-bond donors (Lipinski definition) is 1. The zero-order valence-corrected chi connectivity index (χ0v) is 13.7. The largest absolute Gasteiger partial charge is 0.345 e. The second-order valence-corrected chi connectivity index (χ2v) is 5.77. The van der Waals surface area contributed by atoms with Gasteiger partial charge in [0.25, 0.3) is 5.91 Å². The third kappa shape index (κ3) is 2.80. The van der Waals surface area contributed by atoms with Crippen LogP contribution in [0.1, 0.15) is 10.4 Å². The average Bonchev–Trinajstić information content (AvgIpc) is 2.91. The van der Waals surface area contributed by atoms with Crippen LogP contribution in [0.4, 0.5) is 11.6 Å². The number of rotatable bonds is 3. The molecular formula is C15H14BrN5O. The third-order valence-corrected chi connectivity index (χ3v) is 3.71. The molecule has 3 aromatic rings. The Bertz CT molecular complexity index is 826. The Morgan fingerprint density at radius 3 is 2.55 bits per heavy atom. The molecule has 7 heteroatoms. The van der Waals surface area contributed by atoms with Gasteiger partial charge in [-0.3, -0.25) is 4.79 Å². The molecule has 0 aliphatic rings. The maximum Gasteiger partial charge on any atom is 0.253 e. The Balaban J connectivity index is 1.83. The number of pyridine rings is 1. The van der Waals surface area contributed by atoms with Gasteiger partial charge < -0.3 is 10.2 Å². The fourth-order valence-electron chi connectivity index (χ4n) is 2.01. The Morgan fingerprint density at radius 1 is 1.18 bits per heavy atom. The lowest BCUT2D eigenvalue weighted by molar-refractivity contribution is 0.0827. The van der Waals surface area contributed by atoms with E-state index in [2.05, 4.69) is 31.3 Å². The van der Waals surface area contributed by atoms with Gasteiger partial charge in [0.2, 0.25) is 5.95 Å². The summed E-state index contributed by atoms with van der Waals surface area (Å²) in [5, 5.41) is 7.49. The van der Waals surface area contributed by atoms with Crippen LogP contribution in [-0.2, 0) is 0 Å². The molecule has 2 heterocycles. The van der Waals surface area contributed by atoms with Crippen LogP contribution >= 0.6 is 15.9 Å². The number of aromatic nitrogens is 3. The van der Waals surface area contributed by atoms with Crippen molar-refractivity contribution in [3.05, 3.63) is 52.6 Å².